The third-order valence-corrected chi connectivity index (χ3v) is 4.54. The minimum Gasteiger partial charge on any atom is -0.497 e. The number of ether oxygens (including phenoxy) is 3. The fourth-order valence-electron chi connectivity index (χ4n) is 3.19. The highest BCUT2D eigenvalue weighted by atomic mass is 16.5. The number of hydrogen-bond acceptors (Lipinski definition) is 5. The van der Waals surface area contributed by atoms with Crippen molar-refractivity contribution in [1.29, 1.82) is 0 Å². The molecule has 6 heteroatoms. The highest BCUT2D eigenvalue weighted by Gasteiger charge is 2.30. The molecule has 3 rings (SSSR count). The second-order valence-electron chi connectivity index (χ2n) is 5.93. The number of nitrogens with zero attached hydrogens (tertiary/aromatic N) is 2. The summed E-state index contributed by atoms with van der Waals surface area (Å²) in [5.41, 5.74) is 1.66. The first-order valence-electron chi connectivity index (χ1n) is 8.17. The molecule has 0 radical (unpaired) electrons. The van der Waals surface area contributed by atoms with Gasteiger partial charge >= 0.3 is 0 Å². The van der Waals surface area contributed by atoms with Crippen molar-refractivity contribution in [1.82, 2.24) is 9.88 Å². The number of carbonyl (C=O) groups is 1. The largest absolute Gasteiger partial charge is 0.497 e. The van der Waals surface area contributed by atoms with Crippen molar-refractivity contribution >= 4 is 5.91 Å². The highest BCUT2D eigenvalue weighted by Crippen LogP contribution is 2.36. The lowest BCUT2D eigenvalue weighted by molar-refractivity contribution is 0.0790. The first-order valence-corrected chi connectivity index (χ1v) is 8.17. The Bertz CT molecular complexity index is 763. The van der Waals surface area contributed by atoms with E-state index in [2.05, 4.69) is 4.98 Å². The molecule has 0 saturated carbocycles. The Morgan fingerprint density at radius 3 is 2.68 bits per heavy atom. The molecule has 1 fully saturated rings. The summed E-state index contributed by atoms with van der Waals surface area (Å²) in [6.07, 6.45) is 2.47. The molecule has 1 saturated heterocycles. The van der Waals surface area contributed by atoms with Gasteiger partial charge < -0.3 is 19.1 Å². The number of benzene rings is 1. The standard InChI is InChI=1S/C19H22N2O4/c1-23-15-4-5-17(24-2)16(11-15)14-7-9-21(12-14)19(22)13-6-8-20-18(10-13)25-3/h4-6,8,10-11,14H,7,9,12H2,1-3H3/t14-/m0/s1. The van der Waals surface area contributed by atoms with Crippen molar-refractivity contribution in [3.8, 4) is 17.4 Å². The summed E-state index contributed by atoms with van der Waals surface area (Å²) in [6.45, 7) is 1.35. The minimum atomic E-state index is -0.00920. The van der Waals surface area contributed by atoms with E-state index in [0.29, 0.717) is 24.5 Å². The molecule has 1 aliphatic rings. The third-order valence-electron chi connectivity index (χ3n) is 4.54. The predicted octanol–water partition coefficient (Wildman–Crippen LogP) is 2.74. The Labute approximate surface area is 147 Å². The number of pyridine rings is 1. The number of aromatic nitrogens is 1. The van der Waals surface area contributed by atoms with Gasteiger partial charge in [0, 0.05) is 42.4 Å². The monoisotopic (exact) mass is 342 g/mol. The van der Waals surface area contributed by atoms with Crippen LogP contribution in [0.25, 0.3) is 0 Å². The second kappa shape index (κ2) is 7.42. The van der Waals surface area contributed by atoms with Gasteiger partial charge in [-0.05, 0) is 30.7 Å². The lowest BCUT2D eigenvalue weighted by Crippen LogP contribution is -2.28. The van der Waals surface area contributed by atoms with Gasteiger partial charge in [0.25, 0.3) is 5.91 Å². The number of amides is 1. The fourth-order valence-corrected chi connectivity index (χ4v) is 3.19. The van der Waals surface area contributed by atoms with Crippen molar-refractivity contribution in [3.63, 3.8) is 0 Å². The number of rotatable bonds is 5. The van der Waals surface area contributed by atoms with Gasteiger partial charge in [0.1, 0.15) is 11.5 Å². The van der Waals surface area contributed by atoms with Gasteiger partial charge in [-0.2, -0.15) is 0 Å². The van der Waals surface area contributed by atoms with E-state index in [0.717, 1.165) is 23.5 Å². The highest BCUT2D eigenvalue weighted by molar-refractivity contribution is 5.94. The van der Waals surface area contributed by atoms with Crippen molar-refractivity contribution in [2.75, 3.05) is 34.4 Å². The predicted molar refractivity (Wildman–Crippen MR) is 93.6 cm³/mol. The molecule has 0 aliphatic carbocycles. The maximum Gasteiger partial charge on any atom is 0.254 e. The average molecular weight is 342 g/mol. The maximum absolute atomic E-state index is 12.8. The number of carbonyl (C=O) groups excluding carboxylic acids is 1. The van der Waals surface area contributed by atoms with E-state index < -0.39 is 0 Å². The summed E-state index contributed by atoms with van der Waals surface area (Å²) in [6, 6.07) is 9.16. The summed E-state index contributed by atoms with van der Waals surface area (Å²) in [7, 11) is 4.84. The minimum absolute atomic E-state index is 0.00920. The van der Waals surface area contributed by atoms with E-state index in [-0.39, 0.29) is 11.8 Å². The molecule has 1 aromatic carbocycles. The zero-order chi connectivity index (χ0) is 17.8. The molecule has 1 aliphatic heterocycles. The van der Waals surface area contributed by atoms with Crippen molar-refractivity contribution in [2.45, 2.75) is 12.3 Å². The van der Waals surface area contributed by atoms with Crippen LogP contribution in [0.5, 0.6) is 17.4 Å². The zero-order valence-corrected chi connectivity index (χ0v) is 14.7. The van der Waals surface area contributed by atoms with Crippen LogP contribution >= 0.6 is 0 Å². The molecule has 0 spiro atoms. The van der Waals surface area contributed by atoms with Crippen LogP contribution in [0.2, 0.25) is 0 Å². The topological polar surface area (TPSA) is 60.9 Å². The molecule has 132 valence electrons. The van der Waals surface area contributed by atoms with Crippen LogP contribution in [-0.4, -0.2) is 50.2 Å². The molecular weight excluding hydrogens is 320 g/mol. The zero-order valence-electron chi connectivity index (χ0n) is 14.7. The Morgan fingerprint density at radius 2 is 1.96 bits per heavy atom. The number of hydrogen-bond donors (Lipinski definition) is 0. The Kier molecular flexibility index (Phi) is 5.07. The van der Waals surface area contributed by atoms with Crippen LogP contribution in [0.4, 0.5) is 0 Å². The second-order valence-corrected chi connectivity index (χ2v) is 5.93. The summed E-state index contributed by atoms with van der Waals surface area (Å²) < 4.78 is 15.9. The van der Waals surface area contributed by atoms with Crippen molar-refractivity contribution < 1.29 is 19.0 Å². The van der Waals surface area contributed by atoms with Crippen LogP contribution in [0.3, 0.4) is 0 Å². The van der Waals surface area contributed by atoms with Gasteiger partial charge in [-0.15, -0.1) is 0 Å². The van der Waals surface area contributed by atoms with E-state index in [4.69, 9.17) is 14.2 Å². The van der Waals surface area contributed by atoms with E-state index in [9.17, 15) is 4.79 Å². The fraction of sp³-hybridized carbons (Fsp3) is 0.368. The molecule has 0 N–H and O–H groups in total. The van der Waals surface area contributed by atoms with Crippen molar-refractivity contribution in [2.24, 2.45) is 0 Å². The molecule has 1 aromatic heterocycles. The van der Waals surface area contributed by atoms with Gasteiger partial charge in [-0.3, -0.25) is 4.79 Å². The smallest absolute Gasteiger partial charge is 0.254 e. The van der Waals surface area contributed by atoms with Crippen molar-refractivity contribution in [3.05, 3.63) is 47.7 Å². The van der Waals surface area contributed by atoms with Gasteiger partial charge in [-0.25, -0.2) is 4.98 Å². The molecule has 6 nitrogen and oxygen atoms in total. The lowest BCUT2D eigenvalue weighted by Gasteiger charge is -2.18. The molecule has 0 bridgehead atoms. The Morgan fingerprint density at radius 1 is 1.12 bits per heavy atom. The lowest BCUT2D eigenvalue weighted by atomic mass is 9.97. The van der Waals surface area contributed by atoms with Gasteiger partial charge in [0.2, 0.25) is 5.88 Å². The summed E-state index contributed by atoms with van der Waals surface area (Å²) >= 11 is 0. The quantitative estimate of drug-likeness (QED) is 0.836. The van der Waals surface area contributed by atoms with Gasteiger partial charge in [0.15, 0.2) is 0 Å². The average Bonchev–Trinajstić information content (AvgIpc) is 3.16. The summed E-state index contributed by atoms with van der Waals surface area (Å²) in [5, 5.41) is 0. The first kappa shape index (κ1) is 17.1. The molecular formula is C19H22N2O4. The van der Waals surface area contributed by atoms with Crippen LogP contribution < -0.4 is 14.2 Å². The Balaban J connectivity index is 1.78. The number of methoxy groups -OCH3 is 3. The Hall–Kier alpha value is -2.76. The van der Waals surface area contributed by atoms with E-state index in [1.54, 1.807) is 32.5 Å². The van der Waals surface area contributed by atoms with E-state index >= 15 is 0 Å². The summed E-state index contributed by atoms with van der Waals surface area (Å²) in [5.74, 6) is 2.27. The van der Waals surface area contributed by atoms with Crippen LogP contribution in [0.15, 0.2) is 36.5 Å². The molecule has 25 heavy (non-hydrogen) atoms. The van der Waals surface area contributed by atoms with Gasteiger partial charge in [0.05, 0.1) is 21.3 Å². The first-order chi connectivity index (χ1) is 12.2. The number of likely N-dealkylation sites (tertiary alicyclic amines) is 1. The molecule has 2 aromatic rings. The van der Waals surface area contributed by atoms with Gasteiger partial charge in [-0.1, -0.05) is 0 Å². The summed E-state index contributed by atoms with van der Waals surface area (Å²) in [4.78, 5) is 18.7. The third kappa shape index (κ3) is 3.52. The van der Waals surface area contributed by atoms with Crippen LogP contribution in [0, 0.1) is 0 Å². The maximum atomic E-state index is 12.8. The van der Waals surface area contributed by atoms with E-state index in [1.165, 1.54) is 7.11 Å². The molecule has 2 heterocycles. The van der Waals surface area contributed by atoms with E-state index in [1.807, 2.05) is 23.1 Å². The normalized spacial score (nSPS) is 16.6. The molecule has 1 amide bonds. The molecule has 1 atom stereocenters. The van der Waals surface area contributed by atoms with Crippen LogP contribution in [-0.2, 0) is 0 Å². The molecule has 0 unspecified atom stereocenters. The SMILES string of the molecule is COc1ccc(OC)c([C@H]2CCN(C(=O)c3ccnc(OC)c3)C2)c1. The van der Waals surface area contributed by atoms with Crippen LogP contribution in [0.1, 0.15) is 28.3 Å².